The molecule has 1 N–H and O–H groups in total. The van der Waals surface area contributed by atoms with Crippen molar-refractivity contribution in [2.75, 3.05) is 31.4 Å². The number of aliphatic hydroxyl groups is 1. The van der Waals surface area contributed by atoms with Crippen LogP contribution in [0.3, 0.4) is 0 Å². The third-order valence-electron chi connectivity index (χ3n) is 3.12. The Morgan fingerprint density at radius 2 is 1.95 bits per heavy atom. The second-order valence-corrected chi connectivity index (χ2v) is 6.84. The average Bonchev–Trinajstić information content (AvgIpc) is 2.41. The van der Waals surface area contributed by atoms with Gasteiger partial charge >= 0.3 is 5.69 Å². The number of benzene rings is 1. The smallest absolute Gasteiger partial charge is 0.311 e. The molecule has 0 aliphatic rings. The predicted octanol–water partition coefficient (Wildman–Crippen LogP) is 1.60. The topological polar surface area (TPSA) is 101 Å². The van der Waals surface area contributed by atoms with Gasteiger partial charge in [0.15, 0.2) is 9.84 Å². The largest absolute Gasteiger partial charge is 0.396 e. The Labute approximate surface area is 124 Å². The highest BCUT2D eigenvalue weighted by Crippen LogP contribution is 2.34. The molecule has 0 amide bonds. The highest BCUT2D eigenvalue weighted by Gasteiger charge is 2.27. The van der Waals surface area contributed by atoms with E-state index in [4.69, 9.17) is 5.11 Å². The van der Waals surface area contributed by atoms with Crippen LogP contribution >= 0.6 is 0 Å². The van der Waals surface area contributed by atoms with E-state index in [9.17, 15) is 18.5 Å². The van der Waals surface area contributed by atoms with Crippen molar-refractivity contribution in [2.45, 2.75) is 24.2 Å². The van der Waals surface area contributed by atoms with E-state index in [0.29, 0.717) is 13.0 Å². The van der Waals surface area contributed by atoms with E-state index in [1.54, 1.807) is 18.0 Å². The van der Waals surface area contributed by atoms with Gasteiger partial charge in [-0.15, -0.1) is 0 Å². The van der Waals surface area contributed by atoms with E-state index in [1.165, 1.54) is 12.1 Å². The lowest BCUT2D eigenvalue weighted by Crippen LogP contribution is -2.20. The summed E-state index contributed by atoms with van der Waals surface area (Å²) in [5, 5.41) is 20.0. The Kier molecular flexibility index (Phi) is 6.10. The summed E-state index contributed by atoms with van der Waals surface area (Å²) >= 11 is 0. The minimum atomic E-state index is -3.67. The Morgan fingerprint density at radius 1 is 1.29 bits per heavy atom. The van der Waals surface area contributed by atoms with E-state index < -0.39 is 14.8 Å². The van der Waals surface area contributed by atoms with Crippen LogP contribution in [0.2, 0.25) is 0 Å². The number of nitrogens with zero attached hydrogens (tertiary/aromatic N) is 2. The number of unbranched alkanes of at least 4 members (excludes halogenated alkanes) is 2. The molecule has 0 saturated carbocycles. The second kappa shape index (κ2) is 7.37. The van der Waals surface area contributed by atoms with Crippen molar-refractivity contribution >= 4 is 21.2 Å². The summed E-state index contributed by atoms with van der Waals surface area (Å²) in [5.41, 5.74) is -0.100. The van der Waals surface area contributed by atoms with Crippen LogP contribution in [0.5, 0.6) is 0 Å². The van der Waals surface area contributed by atoms with Crippen LogP contribution in [0.4, 0.5) is 11.4 Å². The van der Waals surface area contributed by atoms with E-state index in [1.807, 2.05) is 0 Å². The SMILES string of the molecule is CN(CCCCCO)c1cccc(S(C)(=O)=O)c1[N+](=O)[O-]. The van der Waals surface area contributed by atoms with Gasteiger partial charge < -0.3 is 10.0 Å². The van der Waals surface area contributed by atoms with Crippen molar-refractivity contribution in [3.63, 3.8) is 0 Å². The van der Waals surface area contributed by atoms with Gasteiger partial charge in [0.25, 0.3) is 0 Å². The molecule has 118 valence electrons. The van der Waals surface area contributed by atoms with E-state index >= 15 is 0 Å². The molecule has 0 aliphatic carbocycles. The minimum absolute atomic E-state index is 0.118. The zero-order valence-corrected chi connectivity index (χ0v) is 13.0. The predicted molar refractivity (Wildman–Crippen MR) is 80.4 cm³/mol. The molecule has 7 nitrogen and oxygen atoms in total. The Balaban J connectivity index is 3.09. The van der Waals surface area contributed by atoms with Gasteiger partial charge in [0.1, 0.15) is 10.6 Å². The lowest BCUT2D eigenvalue weighted by Gasteiger charge is -2.19. The summed E-state index contributed by atoms with van der Waals surface area (Å²) in [6.45, 7) is 0.668. The van der Waals surface area contributed by atoms with Crippen LogP contribution in [0, 0.1) is 10.1 Å². The minimum Gasteiger partial charge on any atom is -0.396 e. The Morgan fingerprint density at radius 3 is 2.48 bits per heavy atom. The van der Waals surface area contributed by atoms with Crippen LogP contribution in [-0.4, -0.2) is 44.9 Å². The fourth-order valence-electron chi connectivity index (χ4n) is 2.06. The first-order valence-electron chi connectivity index (χ1n) is 6.58. The molecule has 1 rings (SSSR count). The highest BCUT2D eigenvalue weighted by molar-refractivity contribution is 7.90. The summed E-state index contributed by atoms with van der Waals surface area (Å²) in [5.74, 6) is 0. The van der Waals surface area contributed by atoms with Gasteiger partial charge in [-0.05, 0) is 31.4 Å². The van der Waals surface area contributed by atoms with Gasteiger partial charge in [0.05, 0.1) is 4.92 Å². The Hall–Kier alpha value is -1.67. The summed E-state index contributed by atoms with van der Waals surface area (Å²) in [6.07, 6.45) is 3.21. The Bertz CT molecular complexity index is 601. The van der Waals surface area contributed by atoms with Gasteiger partial charge in [-0.3, -0.25) is 10.1 Å². The van der Waals surface area contributed by atoms with Gasteiger partial charge in [0.2, 0.25) is 0 Å². The lowest BCUT2D eigenvalue weighted by molar-refractivity contribution is -0.387. The maximum atomic E-state index is 11.7. The van der Waals surface area contributed by atoms with E-state index in [-0.39, 0.29) is 22.9 Å². The molecule has 0 heterocycles. The zero-order chi connectivity index (χ0) is 16.0. The maximum absolute atomic E-state index is 11.7. The van der Waals surface area contributed by atoms with Gasteiger partial charge in [0, 0.05) is 26.5 Å². The van der Waals surface area contributed by atoms with Gasteiger partial charge in [-0.1, -0.05) is 6.07 Å². The molecule has 1 aromatic carbocycles. The van der Waals surface area contributed by atoms with Crippen molar-refractivity contribution in [1.29, 1.82) is 0 Å². The molecular formula is C13H20N2O5S. The van der Waals surface area contributed by atoms with Crippen LogP contribution in [0.1, 0.15) is 19.3 Å². The third-order valence-corrected chi connectivity index (χ3v) is 4.25. The second-order valence-electron chi connectivity index (χ2n) is 4.86. The molecule has 1 aromatic rings. The number of aliphatic hydroxyl groups excluding tert-OH is 1. The first-order valence-corrected chi connectivity index (χ1v) is 8.47. The van der Waals surface area contributed by atoms with Crippen LogP contribution < -0.4 is 4.90 Å². The fraction of sp³-hybridized carbons (Fsp3) is 0.538. The summed E-state index contributed by atoms with van der Waals surface area (Å²) in [4.78, 5) is 12.0. The molecule has 0 unspecified atom stereocenters. The third kappa shape index (κ3) is 4.68. The molecule has 0 aliphatic heterocycles. The monoisotopic (exact) mass is 316 g/mol. The van der Waals surface area contributed by atoms with Gasteiger partial charge in [-0.25, -0.2) is 8.42 Å². The molecule has 0 fully saturated rings. The maximum Gasteiger partial charge on any atom is 0.311 e. The molecule has 0 bridgehead atoms. The number of sulfone groups is 1. The fourth-order valence-corrected chi connectivity index (χ4v) is 2.92. The number of rotatable bonds is 8. The summed E-state index contributed by atoms with van der Waals surface area (Å²) in [7, 11) is -1.98. The van der Waals surface area contributed by atoms with Crippen molar-refractivity contribution in [2.24, 2.45) is 0 Å². The number of hydrogen-bond acceptors (Lipinski definition) is 6. The van der Waals surface area contributed by atoms with Crippen LogP contribution in [0.25, 0.3) is 0 Å². The van der Waals surface area contributed by atoms with Crippen LogP contribution in [-0.2, 0) is 9.84 Å². The average molecular weight is 316 g/mol. The quantitative estimate of drug-likeness (QED) is 0.444. The molecular weight excluding hydrogens is 296 g/mol. The number of hydrogen-bond donors (Lipinski definition) is 1. The molecule has 8 heteroatoms. The van der Waals surface area contributed by atoms with Crippen LogP contribution in [0.15, 0.2) is 23.1 Å². The normalized spacial score (nSPS) is 11.4. The standard InChI is InChI=1S/C13H20N2O5S/c1-14(9-4-3-5-10-16)11-7-6-8-12(21(2,19)20)13(11)15(17)18/h6-8,16H,3-5,9-10H2,1-2H3. The molecule has 21 heavy (non-hydrogen) atoms. The molecule has 0 aromatic heterocycles. The first-order chi connectivity index (χ1) is 9.79. The number of nitro benzene ring substituents is 1. The number of para-hydroxylation sites is 1. The van der Waals surface area contributed by atoms with E-state index in [0.717, 1.165) is 19.1 Å². The number of anilines is 1. The highest BCUT2D eigenvalue weighted by atomic mass is 32.2. The van der Waals surface area contributed by atoms with Gasteiger partial charge in [-0.2, -0.15) is 0 Å². The van der Waals surface area contributed by atoms with Crippen molar-refractivity contribution in [3.8, 4) is 0 Å². The van der Waals surface area contributed by atoms with Crippen molar-refractivity contribution < 1.29 is 18.4 Å². The lowest BCUT2D eigenvalue weighted by atomic mass is 10.2. The summed E-state index contributed by atoms with van der Waals surface area (Å²) in [6, 6.07) is 4.29. The van der Waals surface area contributed by atoms with E-state index in [2.05, 4.69) is 0 Å². The molecule has 0 radical (unpaired) electrons. The zero-order valence-electron chi connectivity index (χ0n) is 12.2. The summed E-state index contributed by atoms with van der Waals surface area (Å²) < 4.78 is 23.4. The van der Waals surface area contributed by atoms with Crippen molar-refractivity contribution in [1.82, 2.24) is 0 Å². The molecule has 0 spiro atoms. The number of nitro groups is 1. The molecule has 0 atom stereocenters. The molecule has 0 saturated heterocycles. The first kappa shape index (κ1) is 17.4. The van der Waals surface area contributed by atoms with Crippen molar-refractivity contribution in [3.05, 3.63) is 28.3 Å².